The van der Waals surface area contributed by atoms with Gasteiger partial charge in [0, 0.05) is 17.5 Å². The maximum absolute atomic E-state index is 2.56. The van der Waals surface area contributed by atoms with Crippen LogP contribution in [0.15, 0.2) is 29.2 Å². The maximum Gasteiger partial charge on any atom is 0.0664 e. The predicted octanol–water partition coefficient (Wildman–Crippen LogP) is 3.74. The Morgan fingerprint density at radius 3 is 2.60 bits per heavy atom. The molecule has 1 heterocycles. The van der Waals surface area contributed by atoms with Crippen LogP contribution in [0.4, 0.5) is 0 Å². The number of hydrogen-bond donors (Lipinski definition) is 0. The highest BCUT2D eigenvalue weighted by molar-refractivity contribution is 8.00. The maximum atomic E-state index is 2.56. The fourth-order valence-electron chi connectivity index (χ4n) is 2.24. The third-order valence-corrected chi connectivity index (χ3v) is 4.34. The molecule has 15 heavy (non-hydrogen) atoms. The molecule has 0 atom stereocenters. The van der Waals surface area contributed by atoms with E-state index < -0.39 is 0 Å². The summed E-state index contributed by atoms with van der Waals surface area (Å²) in [6.45, 7) is 10.3. The first kappa shape index (κ1) is 11.0. The summed E-state index contributed by atoms with van der Waals surface area (Å²) >= 11 is 1.98. The van der Waals surface area contributed by atoms with Gasteiger partial charge in [-0.25, -0.2) is 0 Å². The van der Waals surface area contributed by atoms with Gasteiger partial charge in [-0.05, 0) is 39.3 Å². The first-order valence-corrected chi connectivity index (χ1v) is 6.36. The van der Waals surface area contributed by atoms with Gasteiger partial charge in [-0.3, -0.25) is 4.90 Å². The summed E-state index contributed by atoms with van der Waals surface area (Å²) in [6.07, 6.45) is 0. The highest BCUT2D eigenvalue weighted by atomic mass is 32.2. The first-order valence-electron chi connectivity index (χ1n) is 5.54. The molecule has 82 valence electrons. The van der Waals surface area contributed by atoms with Gasteiger partial charge in [0.15, 0.2) is 0 Å². The summed E-state index contributed by atoms with van der Waals surface area (Å²) in [5.74, 6) is 0. The minimum atomic E-state index is 0.211. The molecule has 0 amide bonds. The van der Waals surface area contributed by atoms with Crippen LogP contribution in [0, 0.1) is 0 Å². The van der Waals surface area contributed by atoms with E-state index in [4.69, 9.17) is 0 Å². The van der Waals surface area contributed by atoms with E-state index in [1.807, 2.05) is 11.8 Å². The van der Waals surface area contributed by atoms with E-state index in [9.17, 15) is 0 Å². The van der Waals surface area contributed by atoms with Gasteiger partial charge in [0.1, 0.15) is 0 Å². The summed E-state index contributed by atoms with van der Waals surface area (Å²) in [4.78, 5) is 4.21. The van der Waals surface area contributed by atoms with Gasteiger partial charge in [-0.15, -0.1) is 11.8 Å². The molecule has 2 heteroatoms. The zero-order valence-corrected chi connectivity index (χ0v) is 10.8. The van der Waals surface area contributed by atoms with Crippen LogP contribution in [-0.2, 0) is 6.54 Å². The van der Waals surface area contributed by atoms with Crippen molar-refractivity contribution < 1.29 is 0 Å². The van der Waals surface area contributed by atoms with Gasteiger partial charge in [0.25, 0.3) is 0 Å². The van der Waals surface area contributed by atoms with Crippen molar-refractivity contribution in [1.29, 1.82) is 0 Å². The Balaban J connectivity index is 2.36. The largest absolute Gasteiger partial charge is 0.282 e. The van der Waals surface area contributed by atoms with Crippen LogP contribution in [-0.4, -0.2) is 15.8 Å². The lowest BCUT2D eigenvalue weighted by atomic mass is 10.1. The van der Waals surface area contributed by atoms with E-state index in [1.54, 1.807) is 0 Å². The van der Waals surface area contributed by atoms with Crippen molar-refractivity contribution in [3.05, 3.63) is 29.8 Å². The second-order valence-corrected chi connectivity index (χ2v) is 6.52. The van der Waals surface area contributed by atoms with Gasteiger partial charge in [0.05, 0.1) is 4.87 Å². The molecule has 0 aliphatic carbocycles. The average molecular weight is 221 g/mol. The molecule has 0 spiro atoms. The van der Waals surface area contributed by atoms with Crippen molar-refractivity contribution in [2.24, 2.45) is 0 Å². The molecule has 0 radical (unpaired) electrons. The SMILES string of the molecule is CC(C)N1Cc2ccccc2SC1(C)C. The molecular formula is C13H19NS. The lowest BCUT2D eigenvalue weighted by Gasteiger charge is -2.45. The van der Waals surface area contributed by atoms with E-state index in [0.717, 1.165) is 6.54 Å². The average Bonchev–Trinajstić information content (AvgIpc) is 2.14. The van der Waals surface area contributed by atoms with Crippen molar-refractivity contribution in [3.63, 3.8) is 0 Å². The van der Waals surface area contributed by atoms with Crippen molar-refractivity contribution in [2.45, 2.75) is 50.0 Å². The first-order chi connectivity index (χ1) is 7.00. The van der Waals surface area contributed by atoms with Crippen LogP contribution < -0.4 is 0 Å². The highest BCUT2D eigenvalue weighted by Gasteiger charge is 2.34. The number of benzene rings is 1. The van der Waals surface area contributed by atoms with E-state index in [1.165, 1.54) is 10.5 Å². The summed E-state index contributed by atoms with van der Waals surface area (Å²) in [5.41, 5.74) is 1.47. The van der Waals surface area contributed by atoms with Crippen molar-refractivity contribution in [3.8, 4) is 0 Å². The zero-order valence-electron chi connectivity index (χ0n) is 9.95. The molecule has 0 fully saturated rings. The Labute approximate surface area is 96.9 Å². The smallest absolute Gasteiger partial charge is 0.0664 e. The molecule has 1 aromatic rings. The molecule has 1 nitrogen and oxygen atoms in total. The molecule has 1 aromatic carbocycles. The van der Waals surface area contributed by atoms with Crippen molar-refractivity contribution in [1.82, 2.24) is 4.90 Å². The molecule has 1 aliphatic heterocycles. The zero-order chi connectivity index (χ0) is 11.1. The summed E-state index contributed by atoms with van der Waals surface area (Å²) in [5, 5.41) is 0. The highest BCUT2D eigenvalue weighted by Crippen LogP contribution is 2.43. The Bertz CT molecular complexity index is 357. The molecule has 0 bridgehead atoms. The number of nitrogens with zero attached hydrogens (tertiary/aromatic N) is 1. The van der Waals surface area contributed by atoms with Crippen LogP contribution in [0.3, 0.4) is 0 Å². The van der Waals surface area contributed by atoms with E-state index in [-0.39, 0.29) is 4.87 Å². The Hall–Kier alpha value is -0.470. The van der Waals surface area contributed by atoms with Crippen LogP contribution in [0.1, 0.15) is 33.3 Å². The monoisotopic (exact) mass is 221 g/mol. The van der Waals surface area contributed by atoms with Gasteiger partial charge in [-0.2, -0.15) is 0 Å². The summed E-state index contributed by atoms with van der Waals surface area (Å²) < 4.78 is 0. The van der Waals surface area contributed by atoms with Crippen LogP contribution >= 0.6 is 11.8 Å². The number of rotatable bonds is 1. The molecule has 0 saturated carbocycles. The van der Waals surface area contributed by atoms with Crippen molar-refractivity contribution >= 4 is 11.8 Å². The van der Waals surface area contributed by atoms with Gasteiger partial charge in [-0.1, -0.05) is 18.2 Å². The second-order valence-electron chi connectivity index (χ2n) is 4.88. The Morgan fingerprint density at radius 1 is 1.27 bits per heavy atom. The normalized spacial score (nSPS) is 20.3. The molecule has 0 saturated heterocycles. The molecule has 2 rings (SSSR count). The lowest BCUT2D eigenvalue weighted by Crippen LogP contribution is -2.47. The van der Waals surface area contributed by atoms with E-state index in [0.29, 0.717) is 6.04 Å². The van der Waals surface area contributed by atoms with Gasteiger partial charge >= 0.3 is 0 Å². The minimum Gasteiger partial charge on any atom is -0.282 e. The van der Waals surface area contributed by atoms with E-state index in [2.05, 4.69) is 56.9 Å². The van der Waals surface area contributed by atoms with Crippen LogP contribution in [0.25, 0.3) is 0 Å². The van der Waals surface area contributed by atoms with Crippen LogP contribution in [0.5, 0.6) is 0 Å². The fourth-order valence-corrected chi connectivity index (χ4v) is 3.58. The quantitative estimate of drug-likeness (QED) is 0.710. The number of hydrogen-bond acceptors (Lipinski definition) is 2. The van der Waals surface area contributed by atoms with Crippen LogP contribution in [0.2, 0.25) is 0 Å². The minimum absolute atomic E-state index is 0.211. The third-order valence-electron chi connectivity index (χ3n) is 2.99. The Morgan fingerprint density at radius 2 is 1.93 bits per heavy atom. The standard InChI is InChI=1S/C13H19NS/c1-10(2)14-9-11-7-5-6-8-12(11)15-13(14,3)4/h5-8,10H,9H2,1-4H3. The lowest BCUT2D eigenvalue weighted by molar-refractivity contribution is 0.136. The fraction of sp³-hybridized carbons (Fsp3) is 0.538. The second kappa shape index (κ2) is 3.84. The summed E-state index contributed by atoms with van der Waals surface area (Å²) in [7, 11) is 0. The molecule has 0 aromatic heterocycles. The predicted molar refractivity (Wildman–Crippen MR) is 67.1 cm³/mol. The topological polar surface area (TPSA) is 3.24 Å². The van der Waals surface area contributed by atoms with Gasteiger partial charge in [0.2, 0.25) is 0 Å². The molecular weight excluding hydrogens is 202 g/mol. The third kappa shape index (κ3) is 2.06. The molecule has 0 unspecified atom stereocenters. The molecule has 1 aliphatic rings. The number of thioether (sulfide) groups is 1. The number of fused-ring (bicyclic) bond motifs is 1. The Kier molecular flexibility index (Phi) is 2.82. The van der Waals surface area contributed by atoms with Crippen molar-refractivity contribution in [2.75, 3.05) is 0 Å². The molecule has 0 N–H and O–H groups in total. The van der Waals surface area contributed by atoms with E-state index >= 15 is 0 Å². The van der Waals surface area contributed by atoms with Gasteiger partial charge < -0.3 is 0 Å². The summed E-state index contributed by atoms with van der Waals surface area (Å²) in [6, 6.07) is 9.34.